The number of carbonyl (C=O) groups is 1. The quantitative estimate of drug-likeness (QED) is 0.613. The molecule has 0 aliphatic rings. The molecule has 1 atom stereocenters. The van der Waals surface area contributed by atoms with Gasteiger partial charge in [0.25, 0.3) is 0 Å². The van der Waals surface area contributed by atoms with Gasteiger partial charge in [-0.1, -0.05) is 33.6 Å². The Balaban J connectivity index is 3.22. The van der Waals surface area contributed by atoms with Crippen molar-refractivity contribution < 1.29 is 22.7 Å². The van der Waals surface area contributed by atoms with Crippen molar-refractivity contribution in [3.05, 3.63) is 28.8 Å². The first-order valence-electron chi connectivity index (χ1n) is 4.45. The number of carbonyl (C=O) groups excluding carboxylic acids is 1. The predicted molar refractivity (Wildman–Crippen MR) is 60.9 cm³/mol. The molecule has 0 saturated heterocycles. The molecule has 0 aromatic heterocycles. The zero-order valence-electron chi connectivity index (χ0n) is 8.52. The Morgan fingerprint density at radius 1 is 1.47 bits per heavy atom. The van der Waals surface area contributed by atoms with Gasteiger partial charge in [-0.25, -0.2) is 0 Å². The molecule has 0 radical (unpaired) electrons. The SMILES string of the molecule is CC(Br)C(=O)c1c(Cl)cccc1OC(F)(F)F. The minimum absolute atomic E-state index is 0.0805. The number of ketones is 1. The van der Waals surface area contributed by atoms with E-state index < -0.39 is 22.7 Å². The zero-order valence-corrected chi connectivity index (χ0v) is 10.9. The van der Waals surface area contributed by atoms with Crippen LogP contribution in [-0.2, 0) is 0 Å². The van der Waals surface area contributed by atoms with Crippen LogP contribution in [0.5, 0.6) is 5.75 Å². The van der Waals surface area contributed by atoms with Gasteiger partial charge in [0.1, 0.15) is 5.75 Å². The van der Waals surface area contributed by atoms with Gasteiger partial charge in [-0.15, -0.1) is 13.2 Å². The fraction of sp³-hybridized carbons (Fsp3) is 0.300. The Bertz CT molecular complexity index is 432. The van der Waals surface area contributed by atoms with Gasteiger partial charge in [-0.2, -0.15) is 0 Å². The van der Waals surface area contributed by atoms with Crippen LogP contribution in [0.2, 0.25) is 5.02 Å². The second kappa shape index (κ2) is 5.27. The van der Waals surface area contributed by atoms with E-state index in [2.05, 4.69) is 20.7 Å². The summed E-state index contributed by atoms with van der Waals surface area (Å²) in [6.45, 7) is 1.49. The van der Waals surface area contributed by atoms with Gasteiger partial charge in [-0.3, -0.25) is 4.79 Å². The van der Waals surface area contributed by atoms with Gasteiger partial charge in [0.05, 0.1) is 15.4 Å². The van der Waals surface area contributed by atoms with Crippen molar-refractivity contribution in [2.24, 2.45) is 0 Å². The van der Waals surface area contributed by atoms with Gasteiger partial charge >= 0.3 is 6.36 Å². The van der Waals surface area contributed by atoms with E-state index >= 15 is 0 Å². The number of benzene rings is 1. The highest BCUT2D eigenvalue weighted by Crippen LogP contribution is 2.32. The fourth-order valence-corrected chi connectivity index (χ4v) is 1.64. The second-order valence-electron chi connectivity index (χ2n) is 3.14. The maximum Gasteiger partial charge on any atom is 0.573 e. The molecule has 0 aliphatic carbocycles. The van der Waals surface area contributed by atoms with E-state index in [1.54, 1.807) is 0 Å². The number of Topliss-reactive ketones (excluding diaryl/α,β-unsaturated/α-hetero) is 1. The standard InChI is InChI=1S/C10H7BrClF3O2/c1-5(11)9(16)8-6(12)3-2-4-7(8)17-10(13,14)15/h2-5H,1H3. The third kappa shape index (κ3) is 3.89. The molecule has 17 heavy (non-hydrogen) atoms. The van der Waals surface area contributed by atoms with Gasteiger partial charge < -0.3 is 4.74 Å². The lowest BCUT2D eigenvalue weighted by atomic mass is 10.1. The summed E-state index contributed by atoms with van der Waals surface area (Å²) in [6, 6.07) is 3.65. The fourth-order valence-electron chi connectivity index (χ4n) is 1.15. The van der Waals surface area contributed by atoms with Gasteiger partial charge in [0.15, 0.2) is 5.78 Å². The third-order valence-corrected chi connectivity index (χ3v) is 2.54. The molecule has 0 bridgehead atoms. The van der Waals surface area contributed by atoms with Crippen LogP contribution in [0.15, 0.2) is 18.2 Å². The van der Waals surface area contributed by atoms with Crippen molar-refractivity contribution in [2.75, 3.05) is 0 Å². The normalized spacial score (nSPS) is 13.3. The lowest BCUT2D eigenvalue weighted by molar-refractivity contribution is -0.274. The molecule has 0 aliphatic heterocycles. The van der Waals surface area contributed by atoms with Gasteiger partial charge in [0, 0.05) is 0 Å². The molecule has 0 fully saturated rings. The Morgan fingerprint density at radius 3 is 2.53 bits per heavy atom. The molecule has 1 unspecified atom stereocenters. The number of halogens is 5. The lowest BCUT2D eigenvalue weighted by Crippen LogP contribution is -2.20. The number of hydrogen-bond acceptors (Lipinski definition) is 2. The topological polar surface area (TPSA) is 26.3 Å². The van der Waals surface area contributed by atoms with Crippen molar-refractivity contribution in [3.63, 3.8) is 0 Å². The highest BCUT2D eigenvalue weighted by Gasteiger charge is 2.33. The molecule has 0 heterocycles. The van der Waals surface area contributed by atoms with Crippen LogP contribution in [0.4, 0.5) is 13.2 Å². The van der Waals surface area contributed by atoms with Crippen LogP contribution >= 0.6 is 27.5 Å². The molecule has 0 spiro atoms. The van der Waals surface area contributed by atoms with Crippen molar-refractivity contribution in [2.45, 2.75) is 18.1 Å². The minimum atomic E-state index is -4.87. The Hall–Kier alpha value is -0.750. The van der Waals surface area contributed by atoms with Crippen LogP contribution in [0.25, 0.3) is 0 Å². The highest BCUT2D eigenvalue weighted by molar-refractivity contribution is 9.10. The van der Waals surface area contributed by atoms with E-state index in [-0.39, 0.29) is 10.6 Å². The lowest BCUT2D eigenvalue weighted by Gasteiger charge is -2.14. The van der Waals surface area contributed by atoms with Crippen molar-refractivity contribution in [3.8, 4) is 5.75 Å². The molecular formula is C10H7BrClF3O2. The molecule has 0 amide bonds. The number of rotatable bonds is 3. The van der Waals surface area contributed by atoms with Crippen LogP contribution in [0.3, 0.4) is 0 Å². The summed E-state index contributed by atoms with van der Waals surface area (Å²) in [5.41, 5.74) is -0.282. The minimum Gasteiger partial charge on any atom is -0.405 e. The predicted octanol–water partition coefficient (Wildman–Crippen LogP) is 4.20. The summed E-state index contributed by atoms with van der Waals surface area (Å²) in [4.78, 5) is 11.0. The zero-order chi connectivity index (χ0) is 13.2. The van der Waals surface area contributed by atoms with E-state index in [1.807, 2.05) is 0 Å². The molecule has 2 nitrogen and oxygen atoms in total. The van der Waals surface area contributed by atoms with Crippen molar-refractivity contribution >= 4 is 33.3 Å². The van der Waals surface area contributed by atoms with E-state index in [4.69, 9.17) is 11.6 Å². The molecular weight excluding hydrogens is 324 g/mol. The Morgan fingerprint density at radius 2 is 2.06 bits per heavy atom. The first kappa shape index (κ1) is 14.3. The summed E-state index contributed by atoms with van der Waals surface area (Å²) in [6.07, 6.45) is -4.87. The summed E-state index contributed by atoms with van der Waals surface area (Å²) in [5.74, 6) is -1.17. The molecule has 7 heteroatoms. The molecule has 0 saturated carbocycles. The number of alkyl halides is 4. The molecule has 94 valence electrons. The average Bonchev–Trinajstić information content (AvgIpc) is 2.14. The van der Waals surface area contributed by atoms with E-state index in [1.165, 1.54) is 19.1 Å². The third-order valence-electron chi connectivity index (χ3n) is 1.81. The number of ether oxygens (including phenoxy) is 1. The van der Waals surface area contributed by atoms with Crippen LogP contribution < -0.4 is 4.74 Å². The van der Waals surface area contributed by atoms with Crippen LogP contribution in [0, 0.1) is 0 Å². The summed E-state index contributed by atoms with van der Waals surface area (Å²) < 4.78 is 40.1. The Kier molecular flexibility index (Phi) is 4.43. The smallest absolute Gasteiger partial charge is 0.405 e. The van der Waals surface area contributed by atoms with Gasteiger partial charge in [-0.05, 0) is 19.1 Å². The van der Waals surface area contributed by atoms with Crippen molar-refractivity contribution in [1.82, 2.24) is 0 Å². The summed E-state index contributed by atoms with van der Waals surface area (Å²) >= 11 is 8.69. The first-order chi connectivity index (χ1) is 7.72. The van der Waals surface area contributed by atoms with E-state index in [9.17, 15) is 18.0 Å². The second-order valence-corrected chi connectivity index (χ2v) is 4.92. The number of hydrogen-bond donors (Lipinski definition) is 0. The Labute approximate surface area is 109 Å². The largest absolute Gasteiger partial charge is 0.573 e. The maximum atomic E-state index is 12.1. The molecule has 1 aromatic carbocycles. The highest BCUT2D eigenvalue weighted by atomic mass is 79.9. The van der Waals surface area contributed by atoms with Crippen molar-refractivity contribution in [1.29, 1.82) is 0 Å². The van der Waals surface area contributed by atoms with Gasteiger partial charge in [0.2, 0.25) is 0 Å². The van der Waals surface area contributed by atoms with Crippen LogP contribution in [0.1, 0.15) is 17.3 Å². The summed E-state index contributed by atoms with van der Waals surface area (Å²) in [7, 11) is 0. The van der Waals surface area contributed by atoms with E-state index in [0.29, 0.717) is 0 Å². The van der Waals surface area contributed by atoms with E-state index in [0.717, 1.165) is 6.07 Å². The maximum absolute atomic E-state index is 12.1. The van der Waals surface area contributed by atoms with Crippen LogP contribution in [-0.4, -0.2) is 17.0 Å². The molecule has 0 N–H and O–H groups in total. The molecule has 1 rings (SSSR count). The first-order valence-corrected chi connectivity index (χ1v) is 5.74. The summed E-state index contributed by atoms with van der Waals surface area (Å²) in [5, 5.41) is -0.0805. The molecule has 1 aromatic rings. The monoisotopic (exact) mass is 330 g/mol. The average molecular weight is 332 g/mol.